The summed E-state index contributed by atoms with van der Waals surface area (Å²) in [5.74, 6) is 0. The highest BCUT2D eigenvalue weighted by Crippen LogP contribution is 2.35. The number of anilines is 1. The van der Waals surface area contributed by atoms with Crippen molar-refractivity contribution in [2.75, 3.05) is 24.8 Å². The molecule has 0 N–H and O–H groups in total. The van der Waals surface area contributed by atoms with Crippen LogP contribution in [0.25, 0.3) is 0 Å². The highest BCUT2D eigenvalue weighted by atomic mass is 35.5. The third-order valence-electron chi connectivity index (χ3n) is 3.95. The number of benzene rings is 1. The molecule has 0 aromatic heterocycles. The quantitative estimate of drug-likeness (QED) is 0.814. The van der Waals surface area contributed by atoms with Gasteiger partial charge in [-0.05, 0) is 31.5 Å². The molecule has 1 fully saturated rings. The van der Waals surface area contributed by atoms with Gasteiger partial charge >= 0.3 is 0 Å². The highest BCUT2D eigenvalue weighted by molar-refractivity contribution is 6.36. The number of hydrogen-bond acceptors (Lipinski definition) is 5. The average molecular weight is 358 g/mol. The Morgan fingerprint density at radius 3 is 2.57 bits per heavy atom. The van der Waals surface area contributed by atoms with Gasteiger partial charge in [-0.3, -0.25) is 5.01 Å². The standard InChI is InChI=1S/C16H21Cl2N3O2/c1-3-6-19-7-8-20(16-22-9-10-23-16)21(12(19)2)15-5-4-13(17)11-14(15)18/h4-5,7-8,11-12,16H,3,6,9-10H2,1-2H3. The third-order valence-corrected chi connectivity index (χ3v) is 4.49. The molecule has 2 aliphatic rings. The van der Waals surface area contributed by atoms with Crippen molar-refractivity contribution in [2.24, 2.45) is 0 Å². The van der Waals surface area contributed by atoms with Crippen LogP contribution >= 0.6 is 23.2 Å². The van der Waals surface area contributed by atoms with Gasteiger partial charge in [-0.1, -0.05) is 30.1 Å². The van der Waals surface area contributed by atoms with Crippen LogP contribution in [0.2, 0.25) is 10.0 Å². The Balaban J connectivity index is 1.97. The number of hydrogen-bond donors (Lipinski definition) is 0. The van der Waals surface area contributed by atoms with Crippen LogP contribution in [-0.4, -0.2) is 42.2 Å². The third kappa shape index (κ3) is 3.38. The molecule has 3 rings (SSSR count). The van der Waals surface area contributed by atoms with E-state index in [0.29, 0.717) is 23.3 Å². The van der Waals surface area contributed by atoms with E-state index in [1.54, 1.807) is 6.07 Å². The van der Waals surface area contributed by atoms with Gasteiger partial charge in [-0.2, -0.15) is 0 Å². The lowest BCUT2D eigenvalue weighted by Crippen LogP contribution is -2.58. The van der Waals surface area contributed by atoms with Gasteiger partial charge in [0.2, 0.25) is 0 Å². The number of halogens is 2. The van der Waals surface area contributed by atoms with Gasteiger partial charge in [0.15, 0.2) is 0 Å². The summed E-state index contributed by atoms with van der Waals surface area (Å²) >= 11 is 12.5. The predicted molar refractivity (Wildman–Crippen MR) is 92.1 cm³/mol. The van der Waals surface area contributed by atoms with Crippen molar-refractivity contribution in [2.45, 2.75) is 32.8 Å². The maximum Gasteiger partial charge on any atom is 0.258 e. The van der Waals surface area contributed by atoms with Gasteiger partial charge in [-0.15, -0.1) is 0 Å². The molecule has 0 radical (unpaired) electrons. The van der Waals surface area contributed by atoms with Crippen molar-refractivity contribution < 1.29 is 9.47 Å². The zero-order valence-corrected chi connectivity index (χ0v) is 14.8. The second-order valence-corrected chi connectivity index (χ2v) is 6.38. The Morgan fingerprint density at radius 1 is 1.17 bits per heavy atom. The van der Waals surface area contributed by atoms with Crippen molar-refractivity contribution in [3.05, 3.63) is 40.6 Å². The maximum atomic E-state index is 6.45. The monoisotopic (exact) mass is 357 g/mol. The van der Waals surface area contributed by atoms with E-state index in [0.717, 1.165) is 18.7 Å². The summed E-state index contributed by atoms with van der Waals surface area (Å²) in [4.78, 5) is 2.26. The molecule has 126 valence electrons. The van der Waals surface area contributed by atoms with Crippen molar-refractivity contribution in [3.63, 3.8) is 0 Å². The maximum absolute atomic E-state index is 6.45. The van der Waals surface area contributed by atoms with E-state index in [-0.39, 0.29) is 6.17 Å². The number of nitrogens with zero attached hydrogens (tertiary/aromatic N) is 3. The van der Waals surface area contributed by atoms with Crippen molar-refractivity contribution in [1.82, 2.24) is 9.91 Å². The largest absolute Gasteiger partial charge is 0.355 e. The zero-order valence-electron chi connectivity index (χ0n) is 13.3. The summed E-state index contributed by atoms with van der Waals surface area (Å²) in [5.41, 5.74) is 0.869. The molecular weight excluding hydrogens is 337 g/mol. The van der Waals surface area contributed by atoms with Crippen molar-refractivity contribution in [1.29, 1.82) is 0 Å². The molecule has 0 amide bonds. The number of rotatable bonds is 4. The summed E-state index contributed by atoms with van der Waals surface area (Å²) < 4.78 is 11.3. The van der Waals surface area contributed by atoms with Crippen LogP contribution in [0.4, 0.5) is 5.69 Å². The van der Waals surface area contributed by atoms with Gasteiger partial charge in [0.1, 0.15) is 6.17 Å². The summed E-state index contributed by atoms with van der Waals surface area (Å²) in [7, 11) is 0. The first-order valence-corrected chi connectivity index (χ1v) is 8.57. The van der Waals surface area contributed by atoms with Gasteiger partial charge in [-0.25, -0.2) is 5.01 Å². The first kappa shape index (κ1) is 16.7. The lowest BCUT2D eigenvalue weighted by atomic mass is 10.2. The first-order chi connectivity index (χ1) is 11.1. The molecule has 1 aromatic rings. The average Bonchev–Trinajstić information content (AvgIpc) is 3.04. The fourth-order valence-electron chi connectivity index (χ4n) is 2.87. The summed E-state index contributed by atoms with van der Waals surface area (Å²) in [6.07, 6.45) is 4.74. The minimum atomic E-state index is -0.441. The molecule has 1 saturated heterocycles. The Labute approximate surface area is 146 Å². The smallest absolute Gasteiger partial charge is 0.258 e. The fourth-order valence-corrected chi connectivity index (χ4v) is 3.36. The van der Waals surface area contributed by atoms with Crippen LogP contribution in [0.15, 0.2) is 30.6 Å². The fraction of sp³-hybridized carbons (Fsp3) is 0.500. The minimum Gasteiger partial charge on any atom is -0.355 e. The highest BCUT2D eigenvalue weighted by Gasteiger charge is 2.35. The Hall–Kier alpha value is -1.14. The molecule has 23 heavy (non-hydrogen) atoms. The molecule has 1 aromatic carbocycles. The molecule has 2 heterocycles. The minimum absolute atomic E-state index is 0.0754. The van der Waals surface area contributed by atoms with E-state index < -0.39 is 6.41 Å². The van der Waals surface area contributed by atoms with Gasteiger partial charge in [0, 0.05) is 24.0 Å². The summed E-state index contributed by atoms with van der Waals surface area (Å²) in [6, 6.07) is 5.51. The summed E-state index contributed by atoms with van der Waals surface area (Å²) in [5, 5.41) is 5.24. The molecule has 1 atom stereocenters. The molecule has 2 aliphatic heterocycles. The van der Waals surface area contributed by atoms with E-state index in [4.69, 9.17) is 32.7 Å². The van der Waals surface area contributed by atoms with Gasteiger partial charge in [0.25, 0.3) is 6.41 Å². The molecule has 0 spiro atoms. The molecule has 0 saturated carbocycles. The Kier molecular flexibility index (Phi) is 5.21. The van der Waals surface area contributed by atoms with E-state index >= 15 is 0 Å². The van der Waals surface area contributed by atoms with Crippen LogP contribution in [-0.2, 0) is 9.47 Å². The van der Waals surface area contributed by atoms with E-state index in [1.165, 1.54) is 0 Å². The van der Waals surface area contributed by atoms with Gasteiger partial charge in [0.05, 0.1) is 23.9 Å². The lowest BCUT2D eigenvalue weighted by molar-refractivity contribution is -0.146. The second kappa shape index (κ2) is 7.18. The van der Waals surface area contributed by atoms with Crippen LogP contribution in [0, 0.1) is 0 Å². The molecule has 0 bridgehead atoms. The number of hydrazine groups is 1. The predicted octanol–water partition coefficient (Wildman–Crippen LogP) is 3.89. The lowest BCUT2D eigenvalue weighted by Gasteiger charge is -2.48. The molecule has 0 aliphatic carbocycles. The second-order valence-electron chi connectivity index (χ2n) is 5.54. The molecule has 7 heteroatoms. The topological polar surface area (TPSA) is 28.2 Å². The normalized spacial score (nSPS) is 22.3. The number of ether oxygens (including phenoxy) is 2. The SMILES string of the molecule is CCCN1C=CN(C2OCCO2)N(c2ccc(Cl)cc2Cl)C1C. The van der Waals surface area contributed by atoms with Crippen LogP contribution in [0.1, 0.15) is 20.3 Å². The molecular formula is C16H21Cl2N3O2. The first-order valence-electron chi connectivity index (χ1n) is 7.81. The van der Waals surface area contributed by atoms with Crippen LogP contribution in [0.5, 0.6) is 0 Å². The Bertz CT molecular complexity index is 578. The van der Waals surface area contributed by atoms with Gasteiger partial charge < -0.3 is 14.4 Å². The van der Waals surface area contributed by atoms with Crippen LogP contribution < -0.4 is 5.01 Å². The van der Waals surface area contributed by atoms with Crippen molar-refractivity contribution in [3.8, 4) is 0 Å². The van der Waals surface area contributed by atoms with E-state index in [9.17, 15) is 0 Å². The van der Waals surface area contributed by atoms with Crippen molar-refractivity contribution >= 4 is 28.9 Å². The Morgan fingerprint density at radius 2 is 1.91 bits per heavy atom. The van der Waals surface area contributed by atoms with E-state index in [1.807, 2.05) is 23.3 Å². The van der Waals surface area contributed by atoms with E-state index in [2.05, 4.69) is 30.0 Å². The summed E-state index contributed by atoms with van der Waals surface area (Å²) in [6.45, 7) is 6.43. The zero-order chi connectivity index (χ0) is 16.4. The molecule has 5 nitrogen and oxygen atoms in total. The molecule has 1 unspecified atom stereocenters. The van der Waals surface area contributed by atoms with Crippen LogP contribution in [0.3, 0.4) is 0 Å².